The van der Waals surface area contributed by atoms with Gasteiger partial charge in [0.05, 0.1) is 17.1 Å². The minimum atomic E-state index is -0.0603. The van der Waals surface area contributed by atoms with Crippen molar-refractivity contribution in [1.82, 2.24) is 9.88 Å². The molecular weight excluding hydrogens is 434 g/mol. The van der Waals surface area contributed by atoms with Crippen LogP contribution < -0.4 is 5.32 Å². The Bertz CT molecular complexity index is 1030. The first-order valence-electron chi connectivity index (χ1n) is 9.97. The zero-order valence-electron chi connectivity index (χ0n) is 16.9. The van der Waals surface area contributed by atoms with Gasteiger partial charge in [-0.3, -0.25) is 9.69 Å². The number of aromatic nitrogens is 1. The number of hydrogen-bond acceptors (Lipinski definition) is 5. The second-order valence-corrected chi connectivity index (χ2v) is 9.88. The Morgan fingerprint density at radius 2 is 2.00 bits per heavy atom. The number of rotatable bonds is 6. The van der Waals surface area contributed by atoms with Gasteiger partial charge in [0.2, 0.25) is 5.91 Å². The highest BCUT2D eigenvalue weighted by Crippen LogP contribution is 2.30. The molecule has 0 spiro atoms. The molecule has 2 aromatic carbocycles. The number of carbonyl (C=O) groups is 1. The molecule has 1 saturated heterocycles. The van der Waals surface area contributed by atoms with Crippen molar-refractivity contribution in [3.05, 3.63) is 69.7 Å². The summed E-state index contributed by atoms with van der Waals surface area (Å²) in [5.41, 5.74) is 4.89. The molecular formula is C23H24ClN3OS2. The standard InChI is InChI=1S/C23H24ClN3OS2/c1-16-12-17(14-27-8-10-29-11-9-27)6-7-21(16)26-22(28)13-18-15-30-23(25-18)19-4-2-3-5-20(19)24/h2-7,12,15H,8-11,13-14H2,1H3,(H,26,28). The molecule has 0 saturated carbocycles. The summed E-state index contributed by atoms with van der Waals surface area (Å²) in [5, 5.41) is 6.46. The number of carbonyl (C=O) groups excluding carboxylic acids is 1. The van der Waals surface area contributed by atoms with Gasteiger partial charge in [-0.2, -0.15) is 11.8 Å². The van der Waals surface area contributed by atoms with Gasteiger partial charge < -0.3 is 5.32 Å². The van der Waals surface area contributed by atoms with Crippen LogP contribution in [0.4, 0.5) is 5.69 Å². The highest BCUT2D eigenvalue weighted by Gasteiger charge is 2.14. The van der Waals surface area contributed by atoms with Crippen LogP contribution in [0.3, 0.4) is 0 Å². The van der Waals surface area contributed by atoms with Crippen LogP contribution in [-0.4, -0.2) is 40.4 Å². The third kappa shape index (κ3) is 5.43. The molecule has 4 nitrogen and oxygen atoms in total. The molecule has 1 amide bonds. The fourth-order valence-corrected chi connectivity index (χ4v) is 5.61. The van der Waals surface area contributed by atoms with Gasteiger partial charge in [-0.05, 0) is 30.2 Å². The first kappa shape index (κ1) is 21.4. The Labute approximate surface area is 190 Å². The summed E-state index contributed by atoms with van der Waals surface area (Å²) in [4.78, 5) is 19.6. The lowest BCUT2D eigenvalue weighted by molar-refractivity contribution is -0.115. The number of benzene rings is 2. The van der Waals surface area contributed by atoms with Crippen LogP contribution in [0.1, 0.15) is 16.8 Å². The molecule has 0 unspecified atom stereocenters. The lowest BCUT2D eigenvalue weighted by atomic mass is 10.1. The van der Waals surface area contributed by atoms with Crippen molar-refractivity contribution >= 4 is 46.3 Å². The molecule has 7 heteroatoms. The van der Waals surface area contributed by atoms with E-state index in [-0.39, 0.29) is 12.3 Å². The Hall–Kier alpha value is -1.86. The van der Waals surface area contributed by atoms with E-state index >= 15 is 0 Å². The zero-order valence-corrected chi connectivity index (χ0v) is 19.2. The Kier molecular flexibility index (Phi) is 7.10. The first-order valence-corrected chi connectivity index (χ1v) is 12.4. The average Bonchev–Trinajstić information content (AvgIpc) is 3.19. The molecule has 2 heterocycles. The number of nitrogens with one attached hydrogen (secondary N) is 1. The van der Waals surface area contributed by atoms with Crippen LogP contribution in [-0.2, 0) is 17.8 Å². The quantitative estimate of drug-likeness (QED) is 0.530. The van der Waals surface area contributed by atoms with E-state index in [2.05, 4.69) is 27.3 Å². The van der Waals surface area contributed by atoms with Crippen molar-refractivity contribution in [3.8, 4) is 10.6 Å². The number of thiazole rings is 1. The normalized spacial score (nSPS) is 14.6. The predicted octanol–water partition coefficient (Wildman–Crippen LogP) is 5.50. The lowest BCUT2D eigenvalue weighted by Gasteiger charge is -2.26. The molecule has 3 aromatic rings. The van der Waals surface area contributed by atoms with Crippen LogP contribution in [0.25, 0.3) is 10.6 Å². The Balaban J connectivity index is 1.36. The van der Waals surface area contributed by atoms with E-state index in [0.29, 0.717) is 5.02 Å². The molecule has 4 rings (SSSR count). The monoisotopic (exact) mass is 457 g/mol. The molecule has 1 aliphatic heterocycles. The fraction of sp³-hybridized carbons (Fsp3) is 0.304. The number of aryl methyl sites for hydroxylation is 1. The molecule has 0 atom stereocenters. The number of hydrogen-bond donors (Lipinski definition) is 1. The molecule has 0 aliphatic carbocycles. The molecule has 30 heavy (non-hydrogen) atoms. The van der Waals surface area contributed by atoms with Crippen LogP contribution in [0.15, 0.2) is 47.8 Å². The number of anilines is 1. The Morgan fingerprint density at radius 3 is 2.77 bits per heavy atom. The predicted molar refractivity (Wildman–Crippen MR) is 129 cm³/mol. The van der Waals surface area contributed by atoms with Gasteiger partial charge in [0.25, 0.3) is 0 Å². The molecule has 0 bridgehead atoms. The number of amides is 1. The number of nitrogens with zero attached hydrogens (tertiary/aromatic N) is 2. The van der Waals surface area contributed by atoms with E-state index in [1.165, 1.54) is 28.4 Å². The fourth-order valence-electron chi connectivity index (χ4n) is 3.49. The van der Waals surface area contributed by atoms with Gasteiger partial charge in [0, 0.05) is 47.8 Å². The van der Waals surface area contributed by atoms with Crippen LogP contribution in [0, 0.1) is 6.92 Å². The largest absolute Gasteiger partial charge is 0.326 e. The van der Waals surface area contributed by atoms with Crippen molar-refractivity contribution in [2.45, 2.75) is 19.9 Å². The number of halogens is 1. The third-order valence-corrected chi connectivity index (χ3v) is 7.27. The molecule has 1 fully saturated rings. The van der Waals surface area contributed by atoms with Gasteiger partial charge in [0.15, 0.2) is 0 Å². The van der Waals surface area contributed by atoms with Crippen molar-refractivity contribution in [1.29, 1.82) is 0 Å². The molecule has 1 aliphatic rings. The van der Waals surface area contributed by atoms with Gasteiger partial charge in [-0.15, -0.1) is 11.3 Å². The van der Waals surface area contributed by atoms with Crippen molar-refractivity contribution in [2.75, 3.05) is 29.9 Å². The maximum absolute atomic E-state index is 12.6. The highest BCUT2D eigenvalue weighted by atomic mass is 35.5. The van der Waals surface area contributed by atoms with Crippen molar-refractivity contribution in [2.24, 2.45) is 0 Å². The Morgan fingerprint density at radius 1 is 1.20 bits per heavy atom. The highest BCUT2D eigenvalue weighted by molar-refractivity contribution is 7.99. The summed E-state index contributed by atoms with van der Waals surface area (Å²) < 4.78 is 0. The van der Waals surface area contributed by atoms with Gasteiger partial charge in [0.1, 0.15) is 5.01 Å². The number of thioether (sulfide) groups is 1. The van der Waals surface area contributed by atoms with E-state index < -0.39 is 0 Å². The minimum Gasteiger partial charge on any atom is -0.326 e. The third-order valence-electron chi connectivity index (χ3n) is 5.07. The van der Waals surface area contributed by atoms with Crippen LogP contribution in [0.5, 0.6) is 0 Å². The summed E-state index contributed by atoms with van der Waals surface area (Å²) in [6.07, 6.45) is 0.244. The smallest absolute Gasteiger partial charge is 0.230 e. The van der Waals surface area contributed by atoms with E-state index in [0.717, 1.165) is 47.2 Å². The first-order chi connectivity index (χ1) is 14.6. The zero-order chi connectivity index (χ0) is 20.9. The van der Waals surface area contributed by atoms with Crippen molar-refractivity contribution < 1.29 is 4.79 Å². The molecule has 0 radical (unpaired) electrons. The molecule has 156 valence electrons. The summed E-state index contributed by atoms with van der Waals surface area (Å²) in [6.45, 7) is 5.31. The second kappa shape index (κ2) is 9.96. The lowest BCUT2D eigenvalue weighted by Crippen LogP contribution is -2.31. The summed E-state index contributed by atoms with van der Waals surface area (Å²) >= 11 is 9.78. The maximum Gasteiger partial charge on any atom is 0.230 e. The van der Waals surface area contributed by atoms with Gasteiger partial charge in [-0.1, -0.05) is 41.9 Å². The van der Waals surface area contributed by atoms with E-state index in [4.69, 9.17) is 11.6 Å². The van der Waals surface area contributed by atoms with E-state index in [9.17, 15) is 4.79 Å². The van der Waals surface area contributed by atoms with Gasteiger partial charge in [-0.25, -0.2) is 4.98 Å². The van der Waals surface area contributed by atoms with Crippen molar-refractivity contribution in [3.63, 3.8) is 0 Å². The minimum absolute atomic E-state index is 0.0603. The summed E-state index contributed by atoms with van der Waals surface area (Å²) in [7, 11) is 0. The van der Waals surface area contributed by atoms with E-state index in [1.807, 2.05) is 54.4 Å². The van der Waals surface area contributed by atoms with E-state index in [1.54, 1.807) is 0 Å². The SMILES string of the molecule is Cc1cc(CN2CCSCC2)ccc1NC(=O)Cc1csc(-c2ccccc2Cl)n1. The topological polar surface area (TPSA) is 45.2 Å². The summed E-state index contributed by atoms with van der Waals surface area (Å²) in [5.74, 6) is 2.36. The second-order valence-electron chi connectivity index (χ2n) is 7.39. The van der Waals surface area contributed by atoms with Crippen LogP contribution >= 0.6 is 34.7 Å². The average molecular weight is 458 g/mol. The van der Waals surface area contributed by atoms with Crippen LogP contribution in [0.2, 0.25) is 5.02 Å². The van der Waals surface area contributed by atoms with Gasteiger partial charge >= 0.3 is 0 Å². The molecule has 1 N–H and O–H groups in total. The maximum atomic E-state index is 12.6. The molecule has 1 aromatic heterocycles. The summed E-state index contributed by atoms with van der Waals surface area (Å²) in [6, 6.07) is 13.9.